The van der Waals surface area contributed by atoms with Crippen LogP contribution in [0.5, 0.6) is 0 Å². The summed E-state index contributed by atoms with van der Waals surface area (Å²) in [5.74, 6) is -2.93. The predicted octanol–water partition coefficient (Wildman–Crippen LogP) is 3.08. The number of rotatable bonds is 2. The summed E-state index contributed by atoms with van der Waals surface area (Å²) < 4.78 is 31.8. The number of hydrogen-bond acceptors (Lipinski definition) is 3. The average Bonchev–Trinajstić information content (AvgIpc) is 2.50. The lowest BCUT2D eigenvalue weighted by Gasteiger charge is -2.33. The summed E-state index contributed by atoms with van der Waals surface area (Å²) in [5.41, 5.74) is -0.550. The van der Waals surface area contributed by atoms with E-state index in [-0.39, 0.29) is 12.1 Å². The first-order valence-electron chi connectivity index (χ1n) is 6.97. The highest BCUT2D eigenvalue weighted by molar-refractivity contribution is 6.02. The minimum atomic E-state index is -1.47. The smallest absolute Gasteiger partial charge is 0.339 e. The zero-order chi connectivity index (χ0) is 16.6. The Morgan fingerprint density at radius 3 is 2.70 bits per heavy atom. The van der Waals surface area contributed by atoms with Gasteiger partial charge in [-0.15, -0.1) is 0 Å². The van der Waals surface area contributed by atoms with Crippen molar-refractivity contribution in [2.75, 3.05) is 5.32 Å². The molecule has 0 aliphatic carbocycles. The quantitative estimate of drug-likeness (QED) is 0.866. The molecule has 4 nitrogen and oxygen atoms in total. The summed E-state index contributed by atoms with van der Waals surface area (Å²) in [4.78, 5) is 24.5. The molecule has 1 atom stereocenters. The van der Waals surface area contributed by atoms with Gasteiger partial charge in [-0.1, -0.05) is 18.2 Å². The largest absolute Gasteiger partial charge is 0.445 e. The van der Waals surface area contributed by atoms with Crippen LogP contribution in [0.25, 0.3) is 0 Å². The van der Waals surface area contributed by atoms with Gasteiger partial charge in [-0.3, -0.25) is 4.79 Å². The van der Waals surface area contributed by atoms with E-state index in [0.29, 0.717) is 17.2 Å². The molecule has 1 aliphatic rings. The van der Waals surface area contributed by atoms with Crippen molar-refractivity contribution < 1.29 is 23.1 Å². The molecule has 0 fully saturated rings. The second-order valence-electron chi connectivity index (χ2n) is 5.53. The van der Waals surface area contributed by atoms with Crippen LogP contribution in [-0.4, -0.2) is 17.5 Å². The second kappa shape index (κ2) is 5.46. The third-order valence-electron chi connectivity index (χ3n) is 3.74. The van der Waals surface area contributed by atoms with E-state index < -0.39 is 29.1 Å². The number of anilines is 1. The van der Waals surface area contributed by atoms with Gasteiger partial charge in [0, 0.05) is 12.5 Å². The number of fused-ring (bicyclic) bond motifs is 1. The second-order valence-corrected chi connectivity index (χ2v) is 5.53. The molecule has 1 amide bonds. The highest BCUT2D eigenvalue weighted by Gasteiger charge is 2.42. The summed E-state index contributed by atoms with van der Waals surface area (Å²) in [6.07, 6.45) is 0.170. The van der Waals surface area contributed by atoms with Crippen LogP contribution in [0.4, 0.5) is 14.5 Å². The Balaban J connectivity index is 1.86. The number of cyclic esters (lactones) is 1. The Morgan fingerprint density at radius 2 is 1.96 bits per heavy atom. The lowest BCUT2D eigenvalue weighted by Crippen LogP contribution is -2.49. The van der Waals surface area contributed by atoms with Gasteiger partial charge in [-0.05, 0) is 30.7 Å². The molecule has 6 heteroatoms. The maximum atomic E-state index is 13.7. The van der Waals surface area contributed by atoms with Gasteiger partial charge in [-0.25, -0.2) is 13.6 Å². The first kappa shape index (κ1) is 15.1. The first-order chi connectivity index (χ1) is 10.9. The van der Waals surface area contributed by atoms with E-state index in [9.17, 15) is 18.4 Å². The number of esters is 1. The first-order valence-corrected chi connectivity index (χ1v) is 6.97. The van der Waals surface area contributed by atoms with E-state index in [1.54, 1.807) is 24.3 Å². The van der Waals surface area contributed by atoms with Crippen molar-refractivity contribution in [3.63, 3.8) is 0 Å². The van der Waals surface area contributed by atoms with Crippen LogP contribution < -0.4 is 5.32 Å². The Morgan fingerprint density at radius 1 is 1.22 bits per heavy atom. The highest BCUT2D eigenvalue weighted by atomic mass is 19.1. The Hall–Kier alpha value is -2.76. The van der Waals surface area contributed by atoms with Gasteiger partial charge >= 0.3 is 5.97 Å². The number of benzene rings is 2. The topological polar surface area (TPSA) is 55.4 Å². The number of halogens is 2. The van der Waals surface area contributed by atoms with Crippen LogP contribution in [0.3, 0.4) is 0 Å². The van der Waals surface area contributed by atoms with E-state index in [1.165, 1.54) is 6.92 Å². The summed E-state index contributed by atoms with van der Waals surface area (Å²) in [5, 5.41) is 2.34. The van der Waals surface area contributed by atoms with E-state index in [2.05, 4.69) is 5.32 Å². The van der Waals surface area contributed by atoms with Gasteiger partial charge in [0.05, 0.1) is 11.3 Å². The van der Waals surface area contributed by atoms with Gasteiger partial charge in [0.15, 0.2) is 5.60 Å². The summed E-state index contributed by atoms with van der Waals surface area (Å²) in [7, 11) is 0. The SMILES string of the molecule is C[C@@]1(C(=O)Nc2ccc(F)cc2F)Cc2ccccc2C(=O)O1. The number of amides is 1. The monoisotopic (exact) mass is 317 g/mol. The van der Waals surface area contributed by atoms with E-state index in [0.717, 1.165) is 12.1 Å². The molecule has 1 N–H and O–H groups in total. The number of carbonyl (C=O) groups is 2. The molecule has 0 bridgehead atoms. The Labute approximate surface area is 131 Å². The molecule has 0 radical (unpaired) electrons. The van der Waals surface area contributed by atoms with Gasteiger partial charge in [0.2, 0.25) is 0 Å². The van der Waals surface area contributed by atoms with Crippen molar-refractivity contribution in [1.29, 1.82) is 0 Å². The number of ether oxygens (including phenoxy) is 1. The van der Waals surface area contributed by atoms with Crippen LogP contribution >= 0.6 is 0 Å². The maximum absolute atomic E-state index is 13.7. The molecule has 1 aliphatic heterocycles. The fraction of sp³-hybridized carbons (Fsp3) is 0.176. The zero-order valence-electron chi connectivity index (χ0n) is 12.2. The molecule has 0 saturated carbocycles. The molecule has 1 heterocycles. The van der Waals surface area contributed by atoms with Crippen LogP contribution in [0, 0.1) is 11.6 Å². The van der Waals surface area contributed by atoms with E-state index in [1.807, 2.05) is 0 Å². The van der Waals surface area contributed by atoms with Crippen LogP contribution in [-0.2, 0) is 16.0 Å². The minimum Gasteiger partial charge on any atom is -0.445 e. The van der Waals surface area contributed by atoms with E-state index in [4.69, 9.17) is 4.74 Å². The third kappa shape index (κ3) is 2.79. The standard InChI is InChI=1S/C17H13F2NO3/c1-17(9-10-4-2-3-5-12(10)15(21)23-17)16(22)20-14-7-6-11(18)8-13(14)19/h2-8H,9H2,1H3,(H,20,22)/t17-/m0/s1. The molecule has 2 aromatic carbocycles. The summed E-state index contributed by atoms with van der Waals surface area (Å²) in [6.45, 7) is 1.46. The van der Waals surface area contributed by atoms with Gasteiger partial charge < -0.3 is 10.1 Å². The molecule has 0 saturated heterocycles. The predicted molar refractivity (Wildman–Crippen MR) is 79.0 cm³/mol. The molecule has 0 spiro atoms. The minimum absolute atomic E-state index is 0.170. The number of carbonyl (C=O) groups excluding carboxylic acids is 2. The maximum Gasteiger partial charge on any atom is 0.339 e. The fourth-order valence-electron chi connectivity index (χ4n) is 2.50. The molecule has 0 aromatic heterocycles. The van der Waals surface area contributed by atoms with Crippen molar-refractivity contribution in [3.8, 4) is 0 Å². The Kier molecular flexibility index (Phi) is 3.60. The fourth-order valence-corrected chi connectivity index (χ4v) is 2.50. The van der Waals surface area contributed by atoms with E-state index >= 15 is 0 Å². The van der Waals surface area contributed by atoms with Crippen molar-refractivity contribution >= 4 is 17.6 Å². The van der Waals surface area contributed by atoms with Crippen LogP contribution in [0.1, 0.15) is 22.8 Å². The molecule has 118 valence electrons. The molecule has 3 rings (SSSR count). The highest BCUT2D eigenvalue weighted by Crippen LogP contribution is 2.29. The molecule has 2 aromatic rings. The third-order valence-corrected chi connectivity index (χ3v) is 3.74. The molecule has 23 heavy (non-hydrogen) atoms. The normalized spacial score (nSPS) is 19.7. The molecular weight excluding hydrogens is 304 g/mol. The zero-order valence-corrected chi connectivity index (χ0v) is 12.2. The lowest BCUT2D eigenvalue weighted by molar-refractivity contribution is -0.134. The van der Waals surface area contributed by atoms with Crippen molar-refractivity contribution in [3.05, 3.63) is 65.2 Å². The van der Waals surface area contributed by atoms with Crippen LogP contribution in [0.2, 0.25) is 0 Å². The van der Waals surface area contributed by atoms with Crippen molar-refractivity contribution in [1.82, 2.24) is 0 Å². The number of nitrogens with one attached hydrogen (secondary N) is 1. The number of hydrogen-bond donors (Lipinski definition) is 1. The van der Waals surface area contributed by atoms with Crippen molar-refractivity contribution in [2.24, 2.45) is 0 Å². The van der Waals surface area contributed by atoms with Crippen molar-refractivity contribution in [2.45, 2.75) is 18.9 Å². The van der Waals surface area contributed by atoms with Crippen LogP contribution in [0.15, 0.2) is 42.5 Å². The van der Waals surface area contributed by atoms with Gasteiger partial charge in [0.25, 0.3) is 5.91 Å². The van der Waals surface area contributed by atoms with Gasteiger partial charge in [-0.2, -0.15) is 0 Å². The van der Waals surface area contributed by atoms with Gasteiger partial charge in [0.1, 0.15) is 11.6 Å². The molecule has 0 unspecified atom stereocenters. The Bertz CT molecular complexity index is 806. The summed E-state index contributed by atoms with van der Waals surface area (Å²) in [6, 6.07) is 9.63. The molecular formula is C17H13F2NO3. The summed E-state index contributed by atoms with van der Waals surface area (Å²) >= 11 is 0. The average molecular weight is 317 g/mol. The lowest BCUT2D eigenvalue weighted by atomic mass is 9.89.